The highest BCUT2D eigenvalue weighted by Crippen LogP contribution is 2.27. The molecule has 1 heterocycles. The van der Waals surface area contributed by atoms with Crippen LogP contribution in [-0.4, -0.2) is 26.0 Å². The molecule has 0 aliphatic rings. The quantitative estimate of drug-likeness (QED) is 0.610. The lowest BCUT2D eigenvalue weighted by atomic mass is 10.2. The van der Waals surface area contributed by atoms with Gasteiger partial charge in [0, 0.05) is 28.6 Å². The number of carbonyl (C=O) groups is 1. The van der Waals surface area contributed by atoms with Gasteiger partial charge in [-0.05, 0) is 30.6 Å². The first-order valence-corrected chi connectivity index (χ1v) is 8.35. The number of nitrogens with one attached hydrogen (secondary N) is 2. The molecular weight excluding hydrogens is 288 g/mol. The first kappa shape index (κ1) is 15.1. The van der Waals surface area contributed by atoms with Gasteiger partial charge in [-0.15, -0.1) is 23.1 Å². The molecule has 0 spiro atoms. The van der Waals surface area contributed by atoms with Gasteiger partial charge in [-0.1, -0.05) is 18.2 Å². The van der Waals surface area contributed by atoms with Gasteiger partial charge in [0.05, 0.1) is 5.56 Å². The summed E-state index contributed by atoms with van der Waals surface area (Å²) in [6.07, 6.45) is 0. The number of thiophene rings is 1. The van der Waals surface area contributed by atoms with Crippen molar-refractivity contribution in [3.05, 3.63) is 52.2 Å². The molecule has 0 atom stereocenters. The Balaban J connectivity index is 1.99. The normalized spacial score (nSPS) is 10.4. The van der Waals surface area contributed by atoms with Gasteiger partial charge >= 0.3 is 0 Å². The molecule has 2 N–H and O–H groups in total. The van der Waals surface area contributed by atoms with Crippen LogP contribution < -0.4 is 10.6 Å². The largest absolute Gasteiger partial charge is 0.351 e. The van der Waals surface area contributed by atoms with Crippen molar-refractivity contribution >= 4 is 29.0 Å². The summed E-state index contributed by atoms with van der Waals surface area (Å²) < 4.78 is 0. The molecule has 106 valence electrons. The topological polar surface area (TPSA) is 41.1 Å². The molecule has 3 nitrogen and oxygen atoms in total. The number of amides is 1. The van der Waals surface area contributed by atoms with Crippen LogP contribution in [0.3, 0.4) is 0 Å². The Morgan fingerprint density at radius 2 is 2.05 bits per heavy atom. The SMILES string of the molecule is CNCCNC(=O)c1ccccc1SCc1cccs1. The van der Waals surface area contributed by atoms with Gasteiger partial charge in [0.1, 0.15) is 0 Å². The monoisotopic (exact) mass is 306 g/mol. The van der Waals surface area contributed by atoms with E-state index < -0.39 is 0 Å². The maximum Gasteiger partial charge on any atom is 0.252 e. The van der Waals surface area contributed by atoms with E-state index in [4.69, 9.17) is 0 Å². The zero-order chi connectivity index (χ0) is 14.2. The third kappa shape index (κ3) is 4.37. The predicted octanol–water partition coefficient (Wildman–Crippen LogP) is 2.99. The van der Waals surface area contributed by atoms with E-state index in [0.29, 0.717) is 6.54 Å². The fourth-order valence-corrected chi connectivity index (χ4v) is 3.54. The van der Waals surface area contributed by atoms with Crippen LogP contribution >= 0.6 is 23.1 Å². The molecule has 0 aliphatic heterocycles. The van der Waals surface area contributed by atoms with Crippen LogP contribution in [0.1, 0.15) is 15.2 Å². The Labute approximate surface area is 127 Å². The lowest BCUT2D eigenvalue weighted by molar-refractivity contribution is 0.0951. The van der Waals surface area contributed by atoms with Crippen molar-refractivity contribution in [2.45, 2.75) is 10.6 Å². The standard InChI is InChI=1S/C15H18N2OS2/c1-16-8-9-17-15(18)13-6-2-3-7-14(13)20-11-12-5-4-10-19-12/h2-7,10,16H,8-9,11H2,1H3,(H,17,18). The molecular formula is C15H18N2OS2. The molecule has 1 aromatic heterocycles. The summed E-state index contributed by atoms with van der Waals surface area (Å²) in [5.74, 6) is 0.896. The Hall–Kier alpha value is -1.30. The van der Waals surface area contributed by atoms with Gasteiger partial charge in [-0.3, -0.25) is 4.79 Å². The van der Waals surface area contributed by atoms with E-state index in [2.05, 4.69) is 28.1 Å². The van der Waals surface area contributed by atoms with Crippen LogP contribution in [0, 0.1) is 0 Å². The number of hydrogen-bond donors (Lipinski definition) is 2. The van der Waals surface area contributed by atoms with E-state index in [0.717, 1.165) is 22.8 Å². The fraction of sp³-hybridized carbons (Fsp3) is 0.267. The molecule has 0 saturated heterocycles. The van der Waals surface area contributed by atoms with Crippen molar-refractivity contribution in [1.82, 2.24) is 10.6 Å². The van der Waals surface area contributed by atoms with Crippen molar-refractivity contribution in [2.75, 3.05) is 20.1 Å². The van der Waals surface area contributed by atoms with E-state index in [1.165, 1.54) is 4.88 Å². The summed E-state index contributed by atoms with van der Waals surface area (Å²) in [5, 5.41) is 8.01. The van der Waals surface area contributed by atoms with Crippen molar-refractivity contribution in [3.63, 3.8) is 0 Å². The van der Waals surface area contributed by atoms with Gasteiger partial charge in [0.2, 0.25) is 0 Å². The Kier molecular flexibility index (Phi) is 6.11. The second kappa shape index (κ2) is 8.09. The van der Waals surface area contributed by atoms with Crippen LogP contribution in [-0.2, 0) is 5.75 Å². The number of likely N-dealkylation sites (N-methyl/N-ethyl adjacent to an activating group) is 1. The summed E-state index contributed by atoms with van der Waals surface area (Å²) in [6, 6.07) is 11.9. The zero-order valence-corrected chi connectivity index (χ0v) is 13.0. The lowest BCUT2D eigenvalue weighted by Crippen LogP contribution is -2.30. The Morgan fingerprint density at radius 3 is 2.80 bits per heavy atom. The third-order valence-corrected chi connectivity index (χ3v) is 4.92. The van der Waals surface area contributed by atoms with Gasteiger partial charge in [-0.25, -0.2) is 0 Å². The molecule has 1 amide bonds. The predicted molar refractivity (Wildman–Crippen MR) is 86.6 cm³/mol. The molecule has 2 rings (SSSR count). The first-order valence-electron chi connectivity index (χ1n) is 6.48. The molecule has 0 unspecified atom stereocenters. The highest BCUT2D eigenvalue weighted by molar-refractivity contribution is 7.98. The number of hydrogen-bond acceptors (Lipinski definition) is 4. The van der Waals surface area contributed by atoms with E-state index in [1.807, 2.05) is 31.3 Å². The van der Waals surface area contributed by atoms with Crippen molar-refractivity contribution in [2.24, 2.45) is 0 Å². The van der Waals surface area contributed by atoms with E-state index in [1.54, 1.807) is 23.1 Å². The van der Waals surface area contributed by atoms with Gasteiger partial charge in [-0.2, -0.15) is 0 Å². The van der Waals surface area contributed by atoms with Gasteiger partial charge in [0.25, 0.3) is 5.91 Å². The van der Waals surface area contributed by atoms with Crippen LogP contribution in [0.15, 0.2) is 46.7 Å². The van der Waals surface area contributed by atoms with Crippen molar-refractivity contribution in [1.29, 1.82) is 0 Å². The minimum atomic E-state index is -0.00507. The minimum absolute atomic E-state index is 0.00507. The molecule has 0 aliphatic carbocycles. The number of benzene rings is 1. The highest BCUT2D eigenvalue weighted by Gasteiger charge is 2.10. The molecule has 1 aromatic carbocycles. The van der Waals surface area contributed by atoms with Gasteiger partial charge < -0.3 is 10.6 Å². The summed E-state index contributed by atoms with van der Waals surface area (Å²) in [6.45, 7) is 1.41. The lowest BCUT2D eigenvalue weighted by Gasteiger charge is -2.09. The maximum atomic E-state index is 12.2. The summed E-state index contributed by atoms with van der Waals surface area (Å²) in [5.41, 5.74) is 0.755. The number of thioether (sulfide) groups is 1. The fourth-order valence-electron chi connectivity index (χ4n) is 1.72. The van der Waals surface area contributed by atoms with E-state index in [9.17, 15) is 4.79 Å². The second-order valence-electron chi connectivity index (χ2n) is 4.22. The van der Waals surface area contributed by atoms with E-state index in [-0.39, 0.29) is 5.91 Å². The van der Waals surface area contributed by atoms with E-state index >= 15 is 0 Å². The Bertz CT molecular complexity index is 541. The molecule has 0 saturated carbocycles. The van der Waals surface area contributed by atoms with Crippen molar-refractivity contribution < 1.29 is 4.79 Å². The number of rotatable bonds is 7. The van der Waals surface area contributed by atoms with Crippen molar-refractivity contribution in [3.8, 4) is 0 Å². The first-order chi connectivity index (χ1) is 9.81. The molecule has 2 aromatic rings. The third-order valence-electron chi connectivity index (χ3n) is 2.74. The zero-order valence-electron chi connectivity index (χ0n) is 11.4. The average molecular weight is 306 g/mol. The van der Waals surface area contributed by atoms with Gasteiger partial charge in [0.15, 0.2) is 0 Å². The second-order valence-corrected chi connectivity index (χ2v) is 6.27. The molecule has 20 heavy (non-hydrogen) atoms. The van der Waals surface area contributed by atoms with Crippen LogP contribution in [0.2, 0.25) is 0 Å². The average Bonchev–Trinajstić information content (AvgIpc) is 2.99. The molecule has 0 bridgehead atoms. The molecule has 0 fully saturated rings. The molecule has 0 radical (unpaired) electrons. The maximum absolute atomic E-state index is 12.2. The van der Waals surface area contributed by atoms with Crippen LogP contribution in [0.25, 0.3) is 0 Å². The summed E-state index contributed by atoms with van der Waals surface area (Å²) >= 11 is 3.45. The molecule has 5 heteroatoms. The Morgan fingerprint density at radius 1 is 1.20 bits per heavy atom. The minimum Gasteiger partial charge on any atom is -0.351 e. The highest BCUT2D eigenvalue weighted by atomic mass is 32.2. The smallest absolute Gasteiger partial charge is 0.252 e. The van der Waals surface area contributed by atoms with Crippen LogP contribution in [0.4, 0.5) is 0 Å². The van der Waals surface area contributed by atoms with Crippen LogP contribution in [0.5, 0.6) is 0 Å². The number of carbonyl (C=O) groups excluding carboxylic acids is 1. The summed E-state index contributed by atoms with van der Waals surface area (Å²) in [4.78, 5) is 14.5. The summed E-state index contributed by atoms with van der Waals surface area (Å²) in [7, 11) is 1.87.